The van der Waals surface area contributed by atoms with Crippen molar-refractivity contribution in [3.8, 4) is 0 Å². The minimum Gasteiger partial charge on any atom is -0.468 e. The van der Waals surface area contributed by atoms with Crippen LogP contribution in [-0.4, -0.2) is 41.9 Å². The van der Waals surface area contributed by atoms with Crippen molar-refractivity contribution in [2.75, 3.05) is 25.2 Å². The quantitative estimate of drug-likeness (QED) is 0.588. The average molecular weight is 342 g/mol. The van der Waals surface area contributed by atoms with Gasteiger partial charge in [-0.05, 0) is 30.5 Å². The lowest BCUT2D eigenvalue weighted by atomic mass is 10.0. The zero-order valence-electron chi connectivity index (χ0n) is 12.6. The highest BCUT2D eigenvalue weighted by Gasteiger charge is 2.29. The number of esters is 1. The molecule has 2 rings (SSSR count). The summed E-state index contributed by atoms with van der Waals surface area (Å²) in [6.45, 7) is 0.789. The summed E-state index contributed by atoms with van der Waals surface area (Å²) in [5.74, 6) is 0.809. The van der Waals surface area contributed by atoms with Crippen LogP contribution in [0.3, 0.4) is 0 Å². The average Bonchev–Trinajstić information content (AvgIpc) is 3.00. The number of thioether (sulfide) groups is 1. The number of carbonyl (C=O) groups is 2. The standard InChI is InChI=1S/C16H20ClNO3S/c1-21-16(20)11-22-9-7-15(19)18-8-3-6-14(18)12-4-2-5-13(17)10-12/h2,4-5,10,14H,3,6-9,11H2,1H3/t14-/m1/s1. The lowest BCUT2D eigenvalue weighted by Gasteiger charge is -2.25. The normalized spacial score (nSPS) is 17.5. The van der Waals surface area contributed by atoms with Crippen LogP contribution in [0.15, 0.2) is 24.3 Å². The van der Waals surface area contributed by atoms with E-state index in [-0.39, 0.29) is 17.9 Å². The van der Waals surface area contributed by atoms with Crippen LogP contribution < -0.4 is 0 Å². The molecular formula is C16H20ClNO3S. The van der Waals surface area contributed by atoms with Crippen LogP contribution in [0.25, 0.3) is 0 Å². The molecule has 0 aromatic heterocycles. The van der Waals surface area contributed by atoms with Crippen molar-refractivity contribution in [3.05, 3.63) is 34.9 Å². The number of halogens is 1. The predicted octanol–water partition coefficient (Wildman–Crippen LogP) is 3.30. The van der Waals surface area contributed by atoms with E-state index in [1.807, 2.05) is 29.2 Å². The van der Waals surface area contributed by atoms with E-state index in [0.717, 1.165) is 24.9 Å². The molecule has 0 radical (unpaired) electrons. The molecule has 4 nitrogen and oxygen atoms in total. The van der Waals surface area contributed by atoms with Crippen molar-refractivity contribution in [2.45, 2.75) is 25.3 Å². The highest BCUT2D eigenvalue weighted by atomic mass is 35.5. The number of benzene rings is 1. The van der Waals surface area contributed by atoms with Gasteiger partial charge >= 0.3 is 5.97 Å². The number of nitrogens with zero attached hydrogens (tertiary/aromatic N) is 1. The van der Waals surface area contributed by atoms with Gasteiger partial charge in [0.1, 0.15) is 0 Å². The zero-order valence-corrected chi connectivity index (χ0v) is 14.2. The lowest BCUT2D eigenvalue weighted by Crippen LogP contribution is -2.30. The van der Waals surface area contributed by atoms with Gasteiger partial charge in [-0.1, -0.05) is 23.7 Å². The van der Waals surface area contributed by atoms with Crippen LogP contribution >= 0.6 is 23.4 Å². The summed E-state index contributed by atoms with van der Waals surface area (Å²) in [6, 6.07) is 7.84. The van der Waals surface area contributed by atoms with E-state index in [4.69, 9.17) is 11.6 Å². The number of carbonyl (C=O) groups excluding carboxylic acids is 2. The number of hydrogen-bond donors (Lipinski definition) is 0. The molecule has 1 heterocycles. The first-order valence-corrected chi connectivity index (χ1v) is 8.84. The minimum absolute atomic E-state index is 0.122. The number of rotatable bonds is 6. The predicted molar refractivity (Wildman–Crippen MR) is 89.1 cm³/mol. The second-order valence-corrected chi connectivity index (χ2v) is 6.72. The number of likely N-dealkylation sites (tertiary alicyclic amines) is 1. The molecule has 1 aromatic carbocycles. The number of methoxy groups -OCH3 is 1. The summed E-state index contributed by atoms with van der Waals surface area (Å²) in [6.07, 6.45) is 2.43. The third-order valence-electron chi connectivity index (χ3n) is 3.71. The molecule has 1 amide bonds. The van der Waals surface area contributed by atoms with Gasteiger partial charge in [-0.2, -0.15) is 0 Å². The van der Waals surface area contributed by atoms with Crippen molar-refractivity contribution < 1.29 is 14.3 Å². The fourth-order valence-electron chi connectivity index (χ4n) is 2.64. The van der Waals surface area contributed by atoms with Crippen LogP contribution in [-0.2, 0) is 14.3 Å². The molecule has 0 bridgehead atoms. The third kappa shape index (κ3) is 4.65. The molecule has 0 spiro atoms. The van der Waals surface area contributed by atoms with E-state index in [1.165, 1.54) is 18.9 Å². The van der Waals surface area contributed by atoms with Gasteiger partial charge in [0.05, 0.1) is 18.9 Å². The van der Waals surface area contributed by atoms with E-state index in [1.54, 1.807) is 0 Å². The molecule has 0 unspecified atom stereocenters. The van der Waals surface area contributed by atoms with Crippen molar-refractivity contribution in [3.63, 3.8) is 0 Å². The van der Waals surface area contributed by atoms with E-state index >= 15 is 0 Å². The molecule has 6 heteroatoms. The Morgan fingerprint density at radius 2 is 2.27 bits per heavy atom. The van der Waals surface area contributed by atoms with Crippen molar-refractivity contribution >= 4 is 35.2 Å². The van der Waals surface area contributed by atoms with E-state index < -0.39 is 0 Å². The number of amides is 1. The Labute approximate surface area is 140 Å². The van der Waals surface area contributed by atoms with E-state index in [0.29, 0.717) is 22.9 Å². The van der Waals surface area contributed by atoms with Gasteiger partial charge in [0.25, 0.3) is 0 Å². The summed E-state index contributed by atoms with van der Waals surface area (Å²) in [5, 5.41) is 0.699. The SMILES string of the molecule is COC(=O)CSCCC(=O)N1CCC[C@@H]1c1cccc(Cl)c1. The first kappa shape index (κ1) is 17.2. The summed E-state index contributed by atoms with van der Waals surface area (Å²) in [4.78, 5) is 25.4. The maximum atomic E-state index is 12.4. The first-order valence-electron chi connectivity index (χ1n) is 7.31. The Balaban J connectivity index is 1.87. The summed E-state index contributed by atoms with van der Waals surface area (Å²) in [7, 11) is 1.37. The van der Waals surface area contributed by atoms with Gasteiger partial charge in [0, 0.05) is 23.7 Å². The Hall–Kier alpha value is -1.20. The van der Waals surface area contributed by atoms with Crippen molar-refractivity contribution in [2.24, 2.45) is 0 Å². The number of hydrogen-bond acceptors (Lipinski definition) is 4. The van der Waals surface area contributed by atoms with Crippen LogP contribution in [0.5, 0.6) is 0 Å². The maximum Gasteiger partial charge on any atom is 0.315 e. The molecule has 1 aliphatic rings. The molecule has 0 saturated carbocycles. The smallest absolute Gasteiger partial charge is 0.315 e. The molecule has 0 aliphatic carbocycles. The minimum atomic E-state index is -0.254. The Morgan fingerprint density at radius 1 is 1.45 bits per heavy atom. The van der Waals surface area contributed by atoms with Gasteiger partial charge < -0.3 is 9.64 Å². The fraction of sp³-hybridized carbons (Fsp3) is 0.500. The molecule has 0 N–H and O–H groups in total. The molecular weight excluding hydrogens is 322 g/mol. The second-order valence-electron chi connectivity index (χ2n) is 5.18. The lowest BCUT2D eigenvalue weighted by molar-refractivity contribution is -0.137. The Kier molecular flexibility index (Phi) is 6.58. The van der Waals surface area contributed by atoms with E-state index in [9.17, 15) is 9.59 Å². The molecule has 1 atom stereocenters. The molecule has 1 aliphatic heterocycles. The van der Waals surface area contributed by atoms with Crippen LogP contribution in [0, 0.1) is 0 Å². The highest BCUT2D eigenvalue weighted by molar-refractivity contribution is 7.99. The molecule has 1 fully saturated rings. The summed E-state index contributed by atoms with van der Waals surface area (Å²) >= 11 is 7.48. The second kappa shape index (κ2) is 8.44. The van der Waals surface area contributed by atoms with Gasteiger partial charge in [0.2, 0.25) is 5.91 Å². The third-order valence-corrected chi connectivity index (χ3v) is 4.88. The van der Waals surface area contributed by atoms with Crippen molar-refractivity contribution in [1.82, 2.24) is 4.90 Å². The first-order chi connectivity index (χ1) is 10.6. The van der Waals surface area contributed by atoms with Crippen LogP contribution in [0.1, 0.15) is 30.9 Å². The van der Waals surface area contributed by atoms with Gasteiger partial charge in [-0.3, -0.25) is 9.59 Å². The molecule has 120 valence electrons. The largest absolute Gasteiger partial charge is 0.468 e. The fourth-order valence-corrected chi connectivity index (χ4v) is 3.59. The summed E-state index contributed by atoms with van der Waals surface area (Å²) in [5.41, 5.74) is 1.10. The summed E-state index contributed by atoms with van der Waals surface area (Å²) < 4.78 is 4.58. The molecule has 1 aromatic rings. The van der Waals surface area contributed by atoms with Gasteiger partial charge in [0.15, 0.2) is 0 Å². The van der Waals surface area contributed by atoms with Crippen molar-refractivity contribution in [1.29, 1.82) is 0 Å². The number of ether oxygens (including phenoxy) is 1. The van der Waals surface area contributed by atoms with Crippen LogP contribution in [0.4, 0.5) is 0 Å². The topological polar surface area (TPSA) is 46.6 Å². The Morgan fingerprint density at radius 3 is 3.00 bits per heavy atom. The van der Waals surface area contributed by atoms with Gasteiger partial charge in [-0.15, -0.1) is 11.8 Å². The maximum absolute atomic E-state index is 12.4. The van der Waals surface area contributed by atoms with Gasteiger partial charge in [-0.25, -0.2) is 0 Å². The molecule has 1 saturated heterocycles. The monoisotopic (exact) mass is 341 g/mol. The Bertz CT molecular complexity index is 538. The highest BCUT2D eigenvalue weighted by Crippen LogP contribution is 2.33. The zero-order chi connectivity index (χ0) is 15.9. The molecule has 22 heavy (non-hydrogen) atoms. The van der Waals surface area contributed by atoms with E-state index in [2.05, 4.69) is 4.74 Å². The van der Waals surface area contributed by atoms with Crippen LogP contribution in [0.2, 0.25) is 5.02 Å².